The van der Waals surface area contributed by atoms with Crippen LogP contribution in [0.15, 0.2) is 23.8 Å². The number of fused-ring (bicyclic) bond motifs is 5. The summed E-state index contributed by atoms with van der Waals surface area (Å²) in [6, 6.07) is 0. The van der Waals surface area contributed by atoms with Gasteiger partial charge in [-0.2, -0.15) is 0 Å². The first-order valence-corrected chi connectivity index (χ1v) is 18.2. The fourth-order valence-corrected chi connectivity index (χ4v) is 10.7. The van der Waals surface area contributed by atoms with Gasteiger partial charge in [0.15, 0.2) is 8.32 Å². The third kappa shape index (κ3) is 4.99. The van der Waals surface area contributed by atoms with Crippen molar-refractivity contribution < 1.29 is 9.53 Å². The highest BCUT2D eigenvalue weighted by Gasteiger charge is 2.61. The molecule has 4 unspecified atom stereocenters. The Bertz CT molecular complexity index is 863. The lowest BCUT2D eigenvalue weighted by molar-refractivity contribution is -0.105. The number of rotatable bonds is 7. The van der Waals surface area contributed by atoms with Crippen LogP contribution >= 0.6 is 0 Å². The van der Waals surface area contributed by atoms with Crippen molar-refractivity contribution >= 4 is 8.32 Å². The molecular formula is C33H58O2Si. The fraction of sp³-hybridized carbons (Fsp3) is 0.879. The normalized spacial score (nSPS) is 40.5. The van der Waals surface area contributed by atoms with Crippen molar-refractivity contribution in [3.8, 4) is 0 Å². The molecule has 1 N–H and O–H groups in total. The van der Waals surface area contributed by atoms with E-state index in [2.05, 4.69) is 74.2 Å². The third-order valence-corrected chi connectivity index (χ3v) is 16.9. The molecule has 3 heteroatoms. The van der Waals surface area contributed by atoms with Gasteiger partial charge in [-0.1, -0.05) is 51.8 Å². The minimum Gasteiger partial charge on any atom is -0.414 e. The van der Waals surface area contributed by atoms with Crippen LogP contribution in [0.25, 0.3) is 0 Å². The first-order valence-electron chi connectivity index (χ1n) is 15.3. The molecule has 0 aromatic carbocycles. The van der Waals surface area contributed by atoms with Gasteiger partial charge in [0.25, 0.3) is 0 Å². The molecule has 0 radical (unpaired) electrons. The largest absolute Gasteiger partial charge is 0.414 e. The monoisotopic (exact) mass is 514 g/mol. The predicted octanol–water partition coefficient (Wildman–Crippen LogP) is 9.45. The van der Waals surface area contributed by atoms with Gasteiger partial charge in [0, 0.05) is 6.10 Å². The van der Waals surface area contributed by atoms with E-state index in [0.717, 1.165) is 43.4 Å². The van der Waals surface area contributed by atoms with Gasteiger partial charge in [-0.25, -0.2) is 0 Å². The molecule has 3 fully saturated rings. The van der Waals surface area contributed by atoms with Crippen molar-refractivity contribution in [1.82, 2.24) is 0 Å². The van der Waals surface area contributed by atoms with Crippen molar-refractivity contribution in [2.45, 2.75) is 149 Å². The van der Waals surface area contributed by atoms with E-state index in [-0.39, 0.29) is 10.5 Å². The summed E-state index contributed by atoms with van der Waals surface area (Å²) in [5, 5.41) is 12.0. The molecule has 0 aromatic heterocycles. The number of aliphatic hydroxyl groups is 1. The maximum absolute atomic E-state index is 11.7. The van der Waals surface area contributed by atoms with Crippen LogP contribution < -0.4 is 0 Å². The highest BCUT2D eigenvalue weighted by Crippen LogP contribution is 2.68. The zero-order valence-electron chi connectivity index (χ0n) is 25.3. The van der Waals surface area contributed by atoms with Crippen molar-refractivity contribution in [3.63, 3.8) is 0 Å². The van der Waals surface area contributed by atoms with Gasteiger partial charge in [0.1, 0.15) is 0 Å². The summed E-state index contributed by atoms with van der Waals surface area (Å²) >= 11 is 0. The van der Waals surface area contributed by atoms with E-state index in [9.17, 15) is 5.11 Å². The first kappa shape index (κ1) is 28.6. The van der Waals surface area contributed by atoms with Crippen molar-refractivity contribution in [2.24, 2.45) is 34.5 Å². The van der Waals surface area contributed by atoms with E-state index in [1.807, 2.05) is 0 Å². The molecule has 0 aromatic rings. The zero-order chi connectivity index (χ0) is 26.7. The molecule has 3 saturated carbocycles. The smallest absolute Gasteiger partial charge is 0.192 e. The Balaban J connectivity index is 1.48. The van der Waals surface area contributed by atoms with Crippen LogP contribution in [0.1, 0.15) is 119 Å². The molecular weight excluding hydrogens is 456 g/mol. The highest BCUT2D eigenvalue weighted by atomic mass is 28.4. The van der Waals surface area contributed by atoms with Gasteiger partial charge >= 0.3 is 0 Å². The molecule has 0 amide bonds. The second-order valence-electron chi connectivity index (χ2n) is 15.8. The van der Waals surface area contributed by atoms with Crippen LogP contribution in [0.2, 0.25) is 18.1 Å². The lowest BCUT2D eigenvalue weighted by Crippen LogP contribution is -2.53. The van der Waals surface area contributed by atoms with Crippen LogP contribution in [-0.4, -0.2) is 25.1 Å². The van der Waals surface area contributed by atoms with Gasteiger partial charge in [-0.3, -0.25) is 0 Å². The Morgan fingerprint density at radius 3 is 2.42 bits per heavy atom. The van der Waals surface area contributed by atoms with E-state index < -0.39 is 13.9 Å². The van der Waals surface area contributed by atoms with E-state index in [1.54, 1.807) is 5.57 Å². The lowest BCUT2D eigenvalue weighted by atomic mass is 9.46. The van der Waals surface area contributed by atoms with E-state index in [0.29, 0.717) is 17.4 Å². The molecule has 36 heavy (non-hydrogen) atoms. The summed E-state index contributed by atoms with van der Waals surface area (Å²) in [5.74, 6) is 2.82. The topological polar surface area (TPSA) is 29.5 Å². The van der Waals surface area contributed by atoms with Gasteiger partial charge in [0.05, 0.1) is 5.60 Å². The summed E-state index contributed by atoms with van der Waals surface area (Å²) in [5.41, 5.74) is 3.07. The van der Waals surface area contributed by atoms with Crippen molar-refractivity contribution in [2.75, 3.05) is 0 Å². The van der Waals surface area contributed by atoms with Crippen LogP contribution in [0.4, 0.5) is 0 Å². The van der Waals surface area contributed by atoms with E-state index >= 15 is 0 Å². The minimum absolute atomic E-state index is 0.276. The summed E-state index contributed by atoms with van der Waals surface area (Å²) in [6.07, 6.45) is 16.2. The molecule has 0 aliphatic heterocycles. The molecule has 0 saturated heterocycles. The highest BCUT2D eigenvalue weighted by molar-refractivity contribution is 6.74. The maximum atomic E-state index is 11.7. The Labute approximate surface area is 224 Å². The van der Waals surface area contributed by atoms with Gasteiger partial charge in [0.2, 0.25) is 0 Å². The second kappa shape index (κ2) is 9.67. The zero-order valence-corrected chi connectivity index (χ0v) is 26.3. The van der Waals surface area contributed by atoms with Crippen LogP contribution in [0.3, 0.4) is 0 Å². The minimum atomic E-state index is -1.73. The fourth-order valence-electron chi connectivity index (χ4n) is 9.27. The molecule has 2 nitrogen and oxygen atoms in total. The molecule has 206 valence electrons. The first-order chi connectivity index (χ1) is 16.5. The van der Waals surface area contributed by atoms with Gasteiger partial charge in [-0.05, 0) is 137 Å². The third-order valence-electron chi connectivity index (χ3n) is 12.4. The molecule has 0 spiro atoms. The Hall–Kier alpha value is -0.383. The SMILES string of the molecule is C=C(C)CCC[C@](C)(O)C1CCC2C3CC=C4C[C@@H](O[Si](C)(C)C(C)(C)C)CC[C@]4(C)C3CC[C@@]21C. The molecule has 4 rings (SSSR count). The molecule has 4 aliphatic rings. The van der Waals surface area contributed by atoms with Crippen LogP contribution in [-0.2, 0) is 4.43 Å². The van der Waals surface area contributed by atoms with Crippen molar-refractivity contribution in [1.29, 1.82) is 0 Å². The molecule has 0 heterocycles. The standard InChI is InChI=1S/C33H58O2Si/c1-23(2)12-11-19-33(8,34)29-16-15-27-26-14-13-24-22-25(35-36(9,10)30(3,4)5)17-20-31(24,6)28(26)18-21-32(27,29)7/h13,25-29,34H,1,11-12,14-22H2,2-10H3/t25-,26?,27?,28?,29?,31-,32-,33-/m0/s1. The second-order valence-corrected chi connectivity index (χ2v) is 20.6. The average Bonchev–Trinajstić information content (AvgIpc) is 3.11. The average molecular weight is 515 g/mol. The predicted molar refractivity (Wildman–Crippen MR) is 157 cm³/mol. The number of allylic oxidation sites excluding steroid dienone is 2. The maximum Gasteiger partial charge on any atom is 0.192 e. The Morgan fingerprint density at radius 2 is 1.78 bits per heavy atom. The summed E-state index contributed by atoms with van der Waals surface area (Å²) in [6.45, 7) is 25.4. The lowest BCUT2D eigenvalue weighted by Gasteiger charge is -2.59. The summed E-state index contributed by atoms with van der Waals surface area (Å²) in [4.78, 5) is 0. The van der Waals surface area contributed by atoms with Gasteiger partial charge < -0.3 is 9.53 Å². The quantitative estimate of drug-likeness (QED) is 0.271. The molecule has 4 aliphatic carbocycles. The number of hydrogen-bond acceptors (Lipinski definition) is 2. The van der Waals surface area contributed by atoms with Crippen molar-refractivity contribution in [3.05, 3.63) is 23.8 Å². The summed E-state index contributed by atoms with van der Waals surface area (Å²) < 4.78 is 6.92. The van der Waals surface area contributed by atoms with Crippen LogP contribution in [0.5, 0.6) is 0 Å². The van der Waals surface area contributed by atoms with E-state index in [1.165, 1.54) is 50.5 Å². The van der Waals surface area contributed by atoms with E-state index in [4.69, 9.17) is 4.43 Å². The number of hydrogen-bond donors (Lipinski definition) is 1. The molecule has 8 atom stereocenters. The van der Waals surface area contributed by atoms with Gasteiger partial charge in [-0.15, -0.1) is 6.58 Å². The molecule has 0 bridgehead atoms. The Kier molecular flexibility index (Phi) is 7.68. The Morgan fingerprint density at radius 1 is 1.08 bits per heavy atom. The van der Waals surface area contributed by atoms with Crippen LogP contribution in [0, 0.1) is 34.5 Å². The summed E-state index contributed by atoms with van der Waals surface area (Å²) in [7, 11) is -1.73.